The van der Waals surface area contributed by atoms with Gasteiger partial charge in [0.25, 0.3) is 0 Å². The predicted octanol–water partition coefficient (Wildman–Crippen LogP) is 5.45. The zero-order valence-electron chi connectivity index (χ0n) is 14.1. The topological polar surface area (TPSA) is 20.2 Å². The van der Waals surface area contributed by atoms with Crippen LogP contribution in [0.15, 0.2) is 59.2 Å². The second kappa shape index (κ2) is 5.10. The van der Waals surface area contributed by atoms with Gasteiger partial charge in [0, 0.05) is 5.92 Å². The Morgan fingerprint density at radius 2 is 1.64 bits per heavy atom. The van der Waals surface area contributed by atoms with Gasteiger partial charge in [-0.25, -0.2) is 0 Å². The molecule has 1 aliphatic carbocycles. The van der Waals surface area contributed by atoms with E-state index in [0.717, 1.165) is 10.9 Å². The van der Waals surface area contributed by atoms with Crippen LogP contribution in [-0.2, 0) is 5.60 Å². The highest BCUT2D eigenvalue weighted by molar-refractivity contribution is 5.88. The van der Waals surface area contributed by atoms with Crippen molar-refractivity contribution in [2.45, 2.75) is 46.1 Å². The lowest BCUT2D eigenvalue weighted by molar-refractivity contribution is 0.0791. The first-order chi connectivity index (χ1) is 10.3. The number of allylic oxidation sites excluding steroid dienone is 4. The van der Waals surface area contributed by atoms with Crippen LogP contribution in [0.25, 0.3) is 10.8 Å². The van der Waals surface area contributed by atoms with E-state index in [1.165, 1.54) is 27.7 Å². The lowest BCUT2D eigenvalue weighted by Gasteiger charge is -2.28. The molecule has 0 radical (unpaired) electrons. The van der Waals surface area contributed by atoms with E-state index in [1.807, 2.05) is 26.0 Å². The van der Waals surface area contributed by atoms with E-state index in [-0.39, 0.29) is 5.92 Å². The standard InChI is InChI=1S/C21H24O/c1-13-12-14(2)19(15(13)3)18-11-10-16-8-6-7-9-17(16)20(18)21(4,5)22/h6-12,19,22H,1-5H3. The Bertz CT molecular complexity index is 800. The minimum atomic E-state index is -0.868. The Labute approximate surface area is 133 Å². The summed E-state index contributed by atoms with van der Waals surface area (Å²) in [5, 5.41) is 13.2. The lowest BCUT2D eigenvalue weighted by atomic mass is 9.79. The van der Waals surface area contributed by atoms with Crippen LogP contribution in [0, 0.1) is 0 Å². The number of hydrogen-bond acceptors (Lipinski definition) is 1. The fourth-order valence-electron chi connectivity index (χ4n) is 3.80. The summed E-state index contributed by atoms with van der Waals surface area (Å²) in [5.41, 5.74) is 5.51. The van der Waals surface area contributed by atoms with Crippen molar-refractivity contribution in [2.75, 3.05) is 0 Å². The monoisotopic (exact) mass is 292 g/mol. The first-order valence-corrected chi connectivity index (χ1v) is 7.91. The fourth-order valence-corrected chi connectivity index (χ4v) is 3.80. The van der Waals surface area contributed by atoms with Crippen LogP contribution in [0.1, 0.15) is 51.7 Å². The predicted molar refractivity (Wildman–Crippen MR) is 94.1 cm³/mol. The van der Waals surface area contributed by atoms with Crippen molar-refractivity contribution in [1.29, 1.82) is 0 Å². The maximum absolute atomic E-state index is 10.8. The molecule has 0 heterocycles. The number of aliphatic hydroxyl groups is 1. The van der Waals surface area contributed by atoms with Crippen LogP contribution in [0.4, 0.5) is 0 Å². The third kappa shape index (κ3) is 2.30. The Kier molecular flexibility index (Phi) is 3.49. The van der Waals surface area contributed by atoms with Gasteiger partial charge in [-0.3, -0.25) is 0 Å². The highest BCUT2D eigenvalue weighted by Crippen LogP contribution is 2.44. The van der Waals surface area contributed by atoms with Crippen LogP contribution in [-0.4, -0.2) is 5.11 Å². The van der Waals surface area contributed by atoms with E-state index in [4.69, 9.17) is 0 Å². The maximum atomic E-state index is 10.8. The van der Waals surface area contributed by atoms with E-state index in [2.05, 4.69) is 51.1 Å². The largest absolute Gasteiger partial charge is 0.386 e. The molecule has 1 aliphatic rings. The zero-order chi connectivity index (χ0) is 16.1. The summed E-state index contributed by atoms with van der Waals surface area (Å²) in [6.07, 6.45) is 2.27. The lowest BCUT2D eigenvalue weighted by Crippen LogP contribution is -2.20. The van der Waals surface area contributed by atoms with E-state index in [1.54, 1.807) is 0 Å². The van der Waals surface area contributed by atoms with Crippen molar-refractivity contribution in [1.82, 2.24) is 0 Å². The molecule has 0 aliphatic heterocycles. The van der Waals surface area contributed by atoms with Gasteiger partial charge < -0.3 is 5.11 Å². The summed E-state index contributed by atoms with van der Waals surface area (Å²) in [6, 6.07) is 12.7. The second-order valence-electron chi connectivity index (χ2n) is 7.00. The van der Waals surface area contributed by atoms with Crippen molar-refractivity contribution >= 4 is 10.8 Å². The number of benzene rings is 2. The van der Waals surface area contributed by atoms with Crippen LogP contribution < -0.4 is 0 Å². The average molecular weight is 292 g/mol. The summed E-state index contributed by atoms with van der Waals surface area (Å²) < 4.78 is 0. The molecule has 0 aromatic heterocycles. The van der Waals surface area contributed by atoms with Gasteiger partial charge in [-0.15, -0.1) is 0 Å². The van der Waals surface area contributed by atoms with E-state index < -0.39 is 5.60 Å². The summed E-state index contributed by atoms with van der Waals surface area (Å²) in [5.74, 6) is 0.283. The zero-order valence-corrected chi connectivity index (χ0v) is 14.1. The van der Waals surface area contributed by atoms with E-state index in [0.29, 0.717) is 0 Å². The number of hydrogen-bond donors (Lipinski definition) is 1. The molecule has 0 saturated carbocycles. The number of rotatable bonds is 2. The minimum Gasteiger partial charge on any atom is -0.386 e. The molecule has 2 aromatic carbocycles. The SMILES string of the molecule is CC1=CC(C)=C(C)C1c1ccc2ccccc2c1C(C)(C)O. The van der Waals surface area contributed by atoms with E-state index >= 15 is 0 Å². The summed E-state index contributed by atoms with van der Waals surface area (Å²) in [4.78, 5) is 0. The Balaban J connectivity index is 2.34. The smallest absolute Gasteiger partial charge is 0.0849 e. The van der Waals surface area contributed by atoms with Gasteiger partial charge >= 0.3 is 0 Å². The molecule has 114 valence electrons. The highest BCUT2D eigenvalue weighted by atomic mass is 16.3. The van der Waals surface area contributed by atoms with Crippen molar-refractivity contribution in [3.8, 4) is 0 Å². The van der Waals surface area contributed by atoms with Gasteiger partial charge in [-0.1, -0.05) is 59.2 Å². The summed E-state index contributed by atoms with van der Waals surface area (Å²) >= 11 is 0. The van der Waals surface area contributed by atoms with Crippen LogP contribution in [0.2, 0.25) is 0 Å². The highest BCUT2D eigenvalue weighted by Gasteiger charge is 2.30. The van der Waals surface area contributed by atoms with Gasteiger partial charge in [-0.2, -0.15) is 0 Å². The third-order valence-electron chi connectivity index (χ3n) is 4.84. The normalized spacial score (nSPS) is 19.0. The second-order valence-corrected chi connectivity index (χ2v) is 7.00. The molecule has 0 saturated heterocycles. The first kappa shape index (κ1) is 15.1. The van der Waals surface area contributed by atoms with E-state index in [9.17, 15) is 5.11 Å². The Morgan fingerprint density at radius 3 is 2.23 bits per heavy atom. The van der Waals surface area contributed by atoms with Gasteiger partial charge in [0.15, 0.2) is 0 Å². The third-order valence-corrected chi connectivity index (χ3v) is 4.84. The molecule has 1 nitrogen and oxygen atoms in total. The molecule has 0 spiro atoms. The van der Waals surface area contributed by atoms with Gasteiger partial charge in [0.1, 0.15) is 0 Å². The van der Waals surface area contributed by atoms with Crippen molar-refractivity contribution in [2.24, 2.45) is 0 Å². The van der Waals surface area contributed by atoms with Crippen molar-refractivity contribution in [3.63, 3.8) is 0 Å². The maximum Gasteiger partial charge on any atom is 0.0849 e. The summed E-state index contributed by atoms with van der Waals surface area (Å²) in [7, 11) is 0. The van der Waals surface area contributed by atoms with Gasteiger partial charge in [0.05, 0.1) is 5.60 Å². The Hall–Kier alpha value is -1.86. The Morgan fingerprint density at radius 1 is 0.955 bits per heavy atom. The molecule has 1 unspecified atom stereocenters. The van der Waals surface area contributed by atoms with Crippen LogP contribution in [0.3, 0.4) is 0 Å². The quantitative estimate of drug-likeness (QED) is 0.780. The summed E-state index contributed by atoms with van der Waals surface area (Å²) in [6.45, 7) is 10.3. The van der Waals surface area contributed by atoms with Crippen molar-refractivity contribution < 1.29 is 5.11 Å². The average Bonchev–Trinajstić information content (AvgIpc) is 2.70. The molecule has 0 fully saturated rings. The van der Waals surface area contributed by atoms with Gasteiger partial charge in [-0.05, 0) is 56.5 Å². The fraction of sp³-hybridized carbons (Fsp3) is 0.333. The van der Waals surface area contributed by atoms with Gasteiger partial charge in [0.2, 0.25) is 0 Å². The molecule has 0 amide bonds. The molecule has 2 aromatic rings. The molecular formula is C21H24O. The molecule has 3 rings (SSSR count). The molecule has 1 atom stereocenters. The van der Waals surface area contributed by atoms with Crippen molar-refractivity contribution in [3.05, 3.63) is 70.3 Å². The van der Waals surface area contributed by atoms with Crippen LogP contribution in [0.5, 0.6) is 0 Å². The molecule has 22 heavy (non-hydrogen) atoms. The minimum absolute atomic E-state index is 0.283. The first-order valence-electron chi connectivity index (χ1n) is 7.91. The molecular weight excluding hydrogens is 268 g/mol. The molecule has 1 N–H and O–H groups in total. The molecule has 0 bridgehead atoms. The van der Waals surface area contributed by atoms with Crippen LogP contribution >= 0.6 is 0 Å². The number of fused-ring (bicyclic) bond motifs is 1. The molecule has 1 heteroatoms.